The third-order valence-electron chi connectivity index (χ3n) is 4.17. The molecule has 2 aromatic carbocycles. The van der Waals surface area contributed by atoms with Crippen LogP contribution in [-0.4, -0.2) is 48.0 Å². The minimum Gasteiger partial charge on any atom is -0.493 e. The number of carbonyl (C=O) groups excluding carboxylic acids is 2. The van der Waals surface area contributed by atoms with E-state index >= 15 is 0 Å². The van der Waals surface area contributed by atoms with Crippen molar-refractivity contribution in [3.8, 4) is 11.5 Å². The molecule has 0 N–H and O–H groups in total. The fourth-order valence-corrected chi connectivity index (χ4v) is 3.95. The topological polar surface area (TPSA) is 55.8 Å². The molecule has 1 fully saturated rings. The third kappa shape index (κ3) is 4.38. The average molecular weight is 371 g/mol. The van der Waals surface area contributed by atoms with Gasteiger partial charge in [-0.15, -0.1) is 11.8 Å². The molecule has 0 radical (unpaired) electrons. The maximum absolute atomic E-state index is 12.6. The first-order valence-corrected chi connectivity index (χ1v) is 9.49. The monoisotopic (exact) mass is 371 g/mol. The van der Waals surface area contributed by atoms with E-state index in [0.29, 0.717) is 30.2 Å². The molecule has 0 aliphatic carbocycles. The van der Waals surface area contributed by atoms with E-state index in [2.05, 4.69) is 0 Å². The molecule has 0 saturated carbocycles. The quantitative estimate of drug-likeness (QED) is 0.552. The highest BCUT2D eigenvalue weighted by atomic mass is 32.2. The van der Waals surface area contributed by atoms with Gasteiger partial charge in [0.05, 0.1) is 13.5 Å². The Morgan fingerprint density at radius 2 is 1.77 bits per heavy atom. The minimum absolute atomic E-state index is 0.101. The highest BCUT2D eigenvalue weighted by Gasteiger charge is 2.31. The largest absolute Gasteiger partial charge is 0.493 e. The number of benzene rings is 2. The molecule has 1 heterocycles. The minimum atomic E-state index is -0.156. The summed E-state index contributed by atoms with van der Waals surface area (Å²) in [6, 6.07) is 16.3. The Labute approximate surface area is 157 Å². The summed E-state index contributed by atoms with van der Waals surface area (Å²) in [7, 11) is 1.59. The molecule has 0 unspecified atom stereocenters. The van der Waals surface area contributed by atoms with Gasteiger partial charge < -0.3 is 14.4 Å². The van der Waals surface area contributed by atoms with E-state index in [9.17, 15) is 9.59 Å². The lowest BCUT2D eigenvalue weighted by Gasteiger charge is -2.24. The van der Waals surface area contributed by atoms with E-state index in [1.165, 1.54) is 0 Å². The van der Waals surface area contributed by atoms with Crippen molar-refractivity contribution in [2.75, 3.05) is 26.0 Å². The summed E-state index contributed by atoms with van der Waals surface area (Å²) in [6.07, 6.45) is -0.115. The van der Waals surface area contributed by atoms with Gasteiger partial charge in [0.25, 0.3) is 0 Å². The predicted octanol–water partition coefficient (Wildman–Crippen LogP) is 3.25. The van der Waals surface area contributed by atoms with Gasteiger partial charge in [0.2, 0.25) is 5.91 Å². The summed E-state index contributed by atoms with van der Waals surface area (Å²) in [5, 5.41) is -0.101. The Balaban J connectivity index is 1.59. The number of hydrogen-bond donors (Lipinski definition) is 0. The molecular weight excluding hydrogens is 350 g/mol. The SMILES string of the molecule is COc1ccccc1OC[C@@H]1SCCN1C(=O)CC(=O)c1ccccc1. The Hall–Kier alpha value is -2.47. The predicted molar refractivity (Wildman–Crippen MR) is 102 cm³/mol. The first-order valence-electron chi connectivity index (χ1n) is 8.44. The van der Waals surface area contributed by atoms with Gasteiger partial charge in [-0.05, 0) is 12.1 Å². The van der Waals surface area contributed by atoms with E-state index in [0.717, 1.165) is 5.75 Å². The highest BCUT2D eigenvalue weighted by Crippen LogP contribution is 2.29. The summed E-state index contributed by atoms with van der Waals surface area (Å²) in [5.41, 5.74) is 0.564. The number of carbonyl (C=O) groups is 2. The van der Waals surface area contributed by atoms with Gasteiger partial charge in [0.15, 0.2) is 17.3 Å². The van der Waals surface area contributed by atoms with E-state index in [-0.39, 0.29) is 23.5 Å². The van der Waals surface area contributed by atoms with E-state index < -0.39 is 0 Å². The van der Waals surface area contributed by atoms with Crippen molar-refractivity contribution >= 4 is 23.5 Å². The molecule has 5 nitrogen and oxygen atoms in total. The first-order chi connectivity index (χ1) is 12.7. The van der Waals surface area contributed by atoms with Crippen LogP contribution in [-0.2, 0) is 4.79 Å². The van der Waals surface area contributed by atoms with Gasteiger partial charge in [-0.1, -0.05) is 42.5 Å². The van der Waals surface area contributed by atoms with Gasteiger partial charge in [-0.3, -0.25) is 9.59 Å². The second kappa shape index (κ2) is 8.76. The Bertz CT molecular complexity index is 765. The molecule has 0 bridgehead atoms. The Kier molecular flexibility index (Phi) is 6.17. The van der Waals surface area contributed by atoms with E-state index in [1.807, 2.05) is 30.3 Å². The summed E-state index contributed by atoms with van der Waals surface area (Å²) in [4.78, 5) is 26.6. The zero-order valence-electron chi connectivity index (χ0n) is 14.6. The van der Waals surface area contributed by atoms with Crippen molar-refractivity contribution in [2.45, 2.75) is 11.8 Å². The lowest BCUT2D eigenvalue weighted by molar-refractivity contribution is -0.130. The standard InChI is InChI=1S/C20H21NO4S/c1-24-17-9-5-6-10-18(17)25-14-20-21(11-12-26-20)19(23)13-16(22)15-7-3-2-4-8-15/h2-10,20H,11-14H2,1H3/t20-/m0/s1. The number of rotatable bonds is 7. The second-order valence-corrected chi connectivity index (χ2v) is 7.13. The number of thioether (sulfide) groups is 1. The summed E-state index contributed by atoms with van der Waals surface area (Å²) in [5.74, 6) is 1.84. The first kappa shape index (κ1) is 18.3. The van der Waals surface area contributed by atoms with Crippen LogP contribution in [0.2, 0.25) is 0 Å². The number of ether oxygens (including phenoxy) is 2. The molecule has 1 aliphatic heterocycles. The zero-order valence-corrected chi connectivity index (χ0v) is 15.4. The number of amides is 1. The molecule has 0 aromatic heterocycles. The Morgan fingerprint density at radius 3 is 2.50 bits per heavy atom. The van der Waals surface area contributed by atoms with Crippen molar-refractivity contribution in [2.24, 2.45) is 0 Å². The van der Waals surface area contributed by atoms with Crippen LogP contribution in [0.15, 0.2) is 54.6 Å². The number of ketones is 1. The molecule has 6 heteroatoms. The summed E-state index contributed by atoms with van der Waals surface area (Å²) < 4.78 is 11.1. The molecule has 1 amide bonds. The molecule has 2 aromatic rings. The number of para-hydroxylation sites is 2. The number of hydrogen-bond acceptors (Lipinski definition) is 5. The van der Waals surface area contributed by atoms with Crippen molar-refractivity contribution in [3.63, 3.8) is 0 Å². The molecule has 0 spiro atoms. The lowest BCUT2D eigenvalue weighted by atomic mass is 10.1. The van der Waals surface area contributed by atoms with Crippen LogP contribution in [0.5, 0.6) is 11.5 Å². The second-order valence-electron chi connectivity index (χ2n) is 5.84. The maximum Gasteiger partial charge on any atom is 0.231 e. The number of nitrogens with zero attached hydrogens (tertiary/aromatic N) is 1. The summed E-state index contributed by atoms with van der Waals surface area (Å²) >= 11 is 1.66. The van der Waals surface area contributed by atoms with E-state index in [4.69, 9.17) is 9.47 Å². The Morgan fingerprint density at radius 1 is 1.08 bits per heavy atom. The molecular formula is C20H21NO4S. The fourth-order valence-electron chi connectivity index (χ4n) is 2.81. The zero-order chi connectivity index (χ0) is 18.4. The van der Waals surface area contributed by atoms with Crippen LogP contribution in [0.25, 0.3) is 0 Å². The van der Waals surface area contributed by atoms with Gasteiger partial charge >= 0.3 is 0 Å². The molecule has 3 rings (SSSR count). The van der Waals surface area contributed by atoms with Crippen molar-refractivity contribution in [1.82, 2.24) is 4.90 Å². The van der Waals surface area contributed by atoms with Crippen LogP contribution < -0.4 is 9.47 Å². The van der Waals surface area contributed by atoms with Crippen molar-refractivity contribution in [3.05, 3.63) is 60.2 Å². The maximum atomic E-state index is 12.6. The van der Waals surface area contributed by atoms with Gasteiger partial charge in [0.1, 0.15) is 12.0 Å². The fraction of sp³-hybridized carbons (Fsp3) is 0.300. The van der Waals surface area contributed by atoms with Crippen molar-refractivity contribution < 1.29 is 19.1 Å². The van der Waals surface area contributed by atoms with Gasteiger partial charge in [-0.2, -0.15) is 0 Å². The van der Waals surface area contributed by atoms with Crippen LogP contribution in [0.4, 0.5) is 0 Å². The van der Waals surface area contributed by atoms with E-state index in [1.54, 1.807) is 48.0 Å². The average Bonchev–Trinajstić information content (AvgIpc) is 3.16. The molecule has 1 aliphatic rings. The molecule has 136 valence electrons. The van der Waals surface area contributed by atoms with Crippen LogP contribution in [0.1, 0.15) is 16.8 Å². The third-order valence-corrected chi connectivity index (χ3v) is 5.36. The summed E-state index contributed by atoms with van der Waals surface area (Å²) in [6.45, 7) is 0.988. The van der Waals surface area contributed by atoms with Crippen LogP contribution >= 0.6 is 11.8 Å². The van der Waals surface area contributed by atoms with Crippen molar-refractivity contribution in [1.29, 1.82) is 0 Å². The molecule has 1 saturated heterocycles. The van der Waals surface area contributed by atoms with Crippen LogP contribution in [0, 0.1) is 0 Å². The van der Waals surface area contributed by atoms with Crippen LogP contribution in [0.3, 0.4) is 0 Å². The number of methoxy groups -OCH3 is 1. The smallest absolute Gasteiger partial charge is 0.231 e. The van der Waals surface area contributed by atoms with Gasteiger partial charge in [-0.25, -0.2) is 0 Å². The highest BCUT2D eigenvalue weighted by molar-refractivity contribution is 8.00. The normalized spacial score (nSPS) is 16.3. The number of Topliss-reactive ketones (excluding diaryl/α,β-unsaturated/α-hetero) is 1. The molecule has 1 atom stereocenters. The molecule has 26 heavy (non-hydrogen) atoms. The lowest BCUT2D eigenvalue weighted by Crippen LogP contribution is -2.39. The van der Waals surface area contributed by atoms with Gasteiger partial charge in [0, 0.05) is 17.9 Å².